The molecular weight excluding hydrogens is 298 g/mol. The summed E-state index contributed by atoms with van der Waals surface area (Å²) in [5.74, 6) is -0.0962. The molecule has 0 saturated carbocycles. The number of aliphatic hydroxyl groups excluding tert-OH is 1. The summed E-state index contributed by atoms with van der Waals surface area (Å²) < 4.78 is 5.64. The molecule has 23 heavy (non-hydrogen) atoms. The van der Waals surface area contributed by atoms with Gasteiger partial charge in [0.15, 0.2) is 0 Å². The summed E-state index contributed by atoms with van der Waals surface area (Å²) in [6, 6.07) is 8.83. The third-order valence-corrected chi connectivity index (χ3v) is 3.12. The molecule has 0 atom stereocenters. The molecule has 0 saturated heterocycles. The van der Waals surface area contributed by atoms with E-state index in [4.69, 9.17) is 15.6 Å². The molecule has 0 aliphatic heterocycles. The van der Waals surface area contributed by atoms with Gasteiger partial charge < -0.3 is 25.9 Å². The van der Waals surface area contributed by atoms with Gasteiger partial charge in [-0.15, -0.1) is 0 Å². The highest BCUT2D eigenvalue weighted by Gasteiger charge is 2.17. The van der Waals surface area contributed by atoms with Gasteiger partial charge in [-0.1, -0.05) is 12.1 Å². The second-order valence-electron chi connectivity index (χ2n) is 4.94. The number of anilines is 1. The molecule has 0 fully saturated rings. The first-order valence-corrected chi connectivity index (χ1v) is 7.16. The number of rotatable bonds is 7. The minimum Gasteiger partial charge on any atom is -0.493 e. The molecule has 1 aromatic carbocycles. The number of carbonyl (C=O) groups excluding carboxylic acids is 2. The van der Waals surface area contributed by atoms with Crippen molar-refractivity contribution in [3.63, 3.8) is 0 Å². The maximum absolute atomic E-state index is 11.5. The lowest BCUT2D eigenvalue weighted by Crippen LogP contribution is -2.15. The number of nitrogens with two attached hydrogens (primary N) is 1. The van der Waals surface area contributed by atoms with Crippen LogP contribution in [0.3, 0.4) is 0 Å². The van der Waals surface area contributed by atoms with Crippen LogP contribution in [0, 0.1) is 0 Å². The highest BCUT2D eigenvalue weighted by Crippen LogP contribution is 2.32. The predicted molar refractivity (Wildman–Crippen MR) is 86.2 cm³/mol. The molecule has 5 N–H and O–H groups in total. The Morgan fingerprint density at radius 1 is 1.35 bits per heavy atom. The molecular formula is C16H19N3O4. The first-order chi connectivity index (χ1) is 11.0. The maximum Gasteiger partial charge on any atom is 0.252 e. The van der Waals surface area contributed by atoms with E-state index in [1.807, 2.05) is 18.2 Å². The summed E-state index contributed by atoms with van der Waals surface area (Å²) in [5.41, 5.74) is 6.87. The first-order valence-electron chi connectivity index (χ1n) is 7.16. The zero-order chi connectivity index (χ0) is 16.8. The van der Waals surface area contributed by atoms with Gasteiger partial charge in [0.25, 0.3) is 5.91 Å². The lowest BCUT2D eigenvalue weighted by atomic mass is 10.1. The van der Waals surface area contributed by atoms with Gasteiger partial charge in [0.1, 0.15) is 11.6 Å². The van der Waals surface area contributed by atoms with E-state index in [0.717, 1.165) is 5.56 Å². The summed E-state index contributed by atoms with van der Waals surface area (Å²) >= 11 is 0. The Morgan fingerprint density at radius 2 is 2.09 bits per heavy atom. The number of ether oxygens (including phenoxy) is 1. The Labute approximate surface area is 133 Å². The second-order valence-corrected chi connectivity index (χ2v) is 4.94. The van der Waals surface area contributed by atoms with E-state index in [1.54, 1.807) is 12.1 Å². The number of hydrogen-bond donors (Lipinski definition) is 4. The van der Waals surface area contributed by atoms with Crippen molar-refractivity contribution in [2.75, 3.05) is 18.5 Å². The third-order valence-electron chi connectivity index (χ3n) is 3.12. The van der Waals surface area contributed by atoms with Gasteiger partial charge in [-0.05, 0) is 18.2 Å². The molecule has 0 radical (unpaired) electrons. The van der Waals surface area contributed by atoms with Crippen LogP contribution in [0.2, 0.25) is 0 Å². The van der Waals surface area contributed by atoms with Gasteiger partial charge in [-0.25, -0.2) is 0 Å². The van der Waals surface area contributed by atoms with E-state index >= 15 is 0 Å². The van der Waals surface area contributed by atoms with Crippen LogP contribution in [-0.4, -0.2) is 35.1 Å². The highest BCUT2D eigenvalue weighted by atomic mass is 16.5. The summed E-state index contributed by atoms with van der Waals surface area (Å²) in [5, 5.41) is 11.4. The van der Waals surface area contributed by atoms with Crippen LogP contribution in [0.4, 0.5) is 5.82 Å². The number of para-hydroxylation sites is 1. The Hall–Kier alpha value is -2.80. The number of carbonyl (C=O) groups is 2. The molecule has 2 aromatic rings. The summed E-state index contributed by atoms with van der Waals surface area (Å²) in [6.07, 6.45) is 0.517. The summed E-state index contributed by atoms with van der Waals surface area (Å²) in [6.45, 7) is 1.76. The molecule has 1 aromatic heterocycles. The molecule has 0 aliphatic carbocycles. The van der Waals surface area contributed by atoms with Crippen LogP contribution in [-0.2, 0) is 4.79 Å². The van der Waals surface area contributed by atoms with Crippen LogP contribution in [0.25, 0.3) is 11.3 Å². The van der Waals surface area contributed by atoms with E-state index in [2.05, 4.69) is 10.3 Å². The molecule has 0 bridgehead atoms. The summed E-state index contributed by atoms with van der Waals surface area (Å²) in [4.78, 5) is 25.8. The number of aromatic amines is 1. The van der Waals surface area contributed by atoms with E-state index < -0.39 is 5.91 Å². The van der Waals surface area contributed by atoms with Crippen molar-refractivity contribution in [2.24, 2.45) is 5.73 Å². The minimum atomic E-state index is -0.644. The standard InChI is InChI=1S/C16H19N3O4/c1-10(21)18-16-12(15(17)22)9-13(19-16)11-5-2-3-6-14(11)23-8-4-7-20/h2-3,5-6,9,19-20H,4,7-8H2,1H3,(H2,17,22)(H,18,21). The van der Waals surface area contributed by atoms with Crippen LogP contribution in [0.15, 0.2) is 30.3 Å². The van der Waals surface area contributed by atoms with Gasteiger partial charge >= 0.3 is 0 Å². The Kier molecular flexibility index (Phi) is 5.37. The van der Waals surface area contributed by atoms with Crippen molar-refractivity contribution in [2.45, 2.75) is 13.3 Å². The average Bonchev–Trinajstić information content (AvgIpc) is 2.91. The minimum absolute atomic E-state index is 0.0448. The fraction of sp³-hybridized carbons (Fsp3) is 0.250. The van der Waals surface area contributed by atoms with E-state index in [0.29, 0.717) is 24.5 Å². The normalized spacial score (nSPS) is 10.3. The lowest BCUT2D eigenvalue weighted by Gasteiger charge is -2.10. The zero-order valence-corrected chi connectivity index (χ0v) is 12.8. The van der Waals surface area contributed by atoms with Crippen molar-refractivity contribution >= 4 is 17.6 Å². The molecule has 1 heterocycles. The predicted octanol–water partition coefficient (Wildman–Crippen LogP) is 1.50. The molecule has 2 rings (SSSR count). The van der Waals surface area contributed by atoms with Crippen molar-refractivity contribution in [3.8, 4) is 17.0 Å². The van der Waals surface area contributed by atoms with Crippen LogP contribution in [0.5, 0.6) is 5.75 Å². The van der Waals surface area contributed by atoms with Gasteiger partial charge in [0.05, 0.1) is 17.9 Å². The van der Waals surface area contributed by atoms with Gasteiger partial charge in [-0.2, -0.15) is 0 Å². The number of H-pyrrole nitrogens is 1. The van der Waals surface area contributed by atoms with Gasteiger partial charge in [0, 0.05) is 25.5 Å². The van der Waals surface area contributed by atoms with E-state index in [9.17, 15) is 9.59 Å². The Morgan fingerprint density at radius 3 is 2.74 bits per heavy atom. The topological polar surface area (TPSA) is 117 Å². The van der Waals surface area contributed by atoms with Gasteiger partial charge in [0.2, 0.25) is 5.91 Å². The van der Waals surface area contributed by atoms with E-state index in [1.165, 1.54) is 6.92 Å². The van der Waals surface area contributed by atoms with E-state index in [-0.39, 0.29) is 23.9 Å². The van der Waals surface area contributed by atoms with Crippen molar-refractivity contribution in [3.05, 3.63) is 35.9 Å². The second kappa shape index (κ2) is 7.46. The molecule has 0 aliphatic rings. The van der Waals surface area contributed by atoms with Crippen molar-refractivity contribution < 1.29 is 19.4 Å². The zero-order valence-electron chi connectivity index (χ0n) is 12.8. The van der Waals surface area contributed by atoms with Crippen LogP contribution in [0.1, 0.15) is 23.7 Å². The number of nitrogens with one attached hydrogen (secondary N) is 2. The van der Waals surface area contributed by atoms with Gasteiger partial charge in [-0.3, -0.25) is 9.59 Å². The largest absolute Gasteiger partial charge is 0.493 e. The number of amides is 2. The smallest absolute Gasteiger partial charge is 0.252 e. The number of hydrogen-bond acceptors (Lipinski definition) is 4. The number of aliphatic hydroxyl groups is 1. The van der Waals surface area contributed by atoms with Crippen molar-refractivity contribution in [1.29, 1.82) is 0 Å². The maximum atomic E-state index is 11.5. The first kappa shape index (κ1) is 16.6. The monoisotopic (exact) mass is 317 g/mol. The number of primary amides is 1. The molecule has 0 unspecified atom stereocenters. The molecule has 0 spiro atoms. The fourth-order valence-electron chi connectivity index (χ4n) is 2.13. The number of aromatic nitrogens is 1. The van der Waals surface area contributed by atoms with Crippen LogP contribution < -0.4 is 15.8 Å². The highest BCUT2D eigenvalue weighted by molar-refractivity contribution is 6.03. The number of benzene rings is 1. The summed E-state index contributed by atoms with van der Waals surface area (Å²) in [7, 11) is 0. The molecule has 122 valence electrons. The Balaban J connectivity index is 2.38. The lowest BCUT2D eigenvalue weighted by molar-refractivity contribution is -0.114. The molecule has 7 heteroatoms. The van der Waals surface area contributed by atoms with Crippen LogP contribution >= 0.6 is 0 Å². The fourth-order valence-corrected chi connectivity index (χ4v) is 2.13. The Bertz CT molecular complexity index is 709. The molecule has 7 nitrogen and oxygen atoms in total. The third kappa shape index (κ3) is 4.10. The quantitative estimate of drug-likeness (QED) is 0.579. The average molecular weight is 317 g/mol. The van der Waals surface area contributed by atoms with Crippen molar-refractivity contribution in [1.82, 2.24) is 4.98 Å². The molecule has 2 amide bonds. The SMILES string of the molecule is CC(=O)Nc1[nH]c(-c2ccccc2OCCCO)cc1C(N)=O.